The second-order valence-electron chi connectivity index (χ2n) is 7.06. The lowest BCUT2D eigenvalue weighted by Gasteiger charge is -2.35. The first-order valence-electron chi connectivity index (χ1n) is 8.13. The molecule has 5 heteroatoms. The third kappa shape index (κ3) is 5.06. The van der Waals surface area contributed by atoms with Gasteiger partial charge < -0.3 is 4.90 Å². The van der Waals surface area contributed by atoms with E-state index in [1.807, 2.05) is 56.0 Å². The van der Waals surface area contributed by atoms with Crippen LogP contribution in [0, 0.1) is 11.3 Å². The Balaban J connectivity index is 1.72. The van der Waals surface area contributed by atoms with Crippen molar-refractivity contribution in [3.63, 3.8) is 0 Å². The Morgan fingerprint density at radius 3 is 2.35 bits per heavy atom. The van der Waals surface area contributed by atoms with Crippen molar-refractivity contribution < 1.29 is 14.4 Å². The van der Waals surface area contributed by atoms with Crippen molar-refractivity contribution in [1.82, 2.24) is 10.4 Å². The summed E-state index contributed by atoms with van der Waals surface area (Å²) in [4.78, 5) is 31.5. The number of benzene rings is 1. The van der Waals surface area contributed by atoms with Crippen LogP contribution >= 0.6 is 0 Å². The second kappa shape index (κ2) is 7.59. The van der Waals surface area contributed by atoms with Crippen LogP contribution in [0.2, 0.25) is 0 Å². The minimum Gasteiger partial charge on any atom is -0.342 e. The van der Waals surface area contributed by atoms with Gasteiger partial charge in [-0.25, -0.2) is 5.48 Å². The molecule has 1 saturated heterocycles. The monoisotopic (exact) mass is 318 g/mol. The van der Waals surface area contributed by atoms with Gasteiger partial charge in [0.15, 0.2) is 0 Å². The first-order chi connectivity index (χ1) is 10.9. The predicted octanol–water partition coefficient (Wildman–Crippen LogP) is 2.52. The van der Waals surface area contributed by atoms with Crippen LogP contribution in [-0.2, 0) is 21.0 Å². The number of hydrogen-bond acceptors (Lipinski definition) is 3. The minimum absolute atomic E-state index is 0.0882. The molecule has 0 spiro atoms. The van der Waals surface area contributed by atoms with E-state index in [1.165, 1.54) is 0 Å². The summed E-state index contributed by atoms with van der Waals surface area (Å²) in [6, 6.07) is 9.70. The average Bonchev–Trinajstić information content (AvgIpc) is 2.54. The molecule has 1 aromatic carbocycles. The zero-order valence-corrected chi connectivity index (χ0v) is 14.2. The van der Waals surface area contributed by atoms with Crippen LogP contribution in [0.4, 0.5) is 0 Å². The van der Waals surface area contributed by atoms with E-state index >= 15 is 0 Å². The van der Waals surface area contributed by atoms with Gasteiger partial charge >= 0.3 is 0 Å². The molecule has 126 valence electrons. The molecule has 1 aliphatic heterocycles. The zero-order valence-electron chi connectivity index (χ0n) is 14.2. The Hall–Kier alpha value is -1.88. The van der Waals surface area contributed by atoms with Gasteiger partial charge in [0.05, 0.1) is 6.61 Å². The molecule has 2 rings (SSSR count). The molecule has 0 aliphatic carbocycles. The molecule has 2 amide bonds. The van der Waals surface area contributed by atoms with Gasteiger partial charge in [0.1, 0.15) is 0 Å². The number of piperidine rings is 1. The van der Waals surface area contributed by atoms with Gasteiger partial charge in [-0.1, -0.05) is 51.1 Å². The third-order valence-electron chi connectivity index (χ3n) is 4.05. The Kier molecular flexibility index (Phi) is 5.77. The number of likely N-dealkylation sites (tertiary alicyclic amines) is 1. The number of hydrogen-bond donors (Lipinski definition) is 1. The maximum Gasteiger partial charge on any atom is 0.246 e. The Morgan fingerprint density at radius 1 is 1.17 bits per heavy atom. The maximum atomic E-state index is 12.2. The molecule has 1 fully saturated rings. The highest BCUT2D eigenvalue weighted by atomic mass is 16.6. The van der Waals surface area contributed by atoms with Gasteiger partial charge in [0.2, 0.25) is 11.8 Å². The molecule has 1 heterocycles. The smallest absolute Gasteiger partial charge is 0.246 e. The highest BCUT2D eigenvalue weighted by Gasteiger charge is 2.32. The van der Waals surface area contributed by atoms with Crippen molar-refractivity contribution in [2.24, 2.45) is 11.3 Å². The quantitative estimate of drug-likeness (QED) is 0.868. The summed E-state index contributed by atoms with van der Waals surface area (Å²) in [7, 11) is 0. The largest absolute Gasteiger partial charge is 0.342 e. The average molecular weight is 318 g/mol. The normalized spacial score (nSPS) is 16.2. The number of carbonyl (C=O) groups excluding carboxylic acids is 2. The van der Waals surface area contributed by atoms with E-state index in [9.17, 15) is 9.59 Å². The summed E-state index contributed by atoms with van der Waals surface area (Å²) in [5, 5.41) is 0. The first kappa shape index (κ1) is 17.5. The van der Waals surface area contributed by atoms with Crippen LogP contribution in [-0.4, -0.2) is 29.8 Å². The molecular formula is C18H26N2O3. The fourth-order valence-corrected chi connectivity index (χ4v) is 2.67. The van der Waals surface area contributed by atoms with Crippen molar-refractivity contribution in [2.75, 3.05) is 13.1 Å². The molecule has 1 aromatic rings. The SMILES string of the molecule is CC(C)(C)C(=O)N1CCC(C(=O)NOCc2ccccc2)CC1. The molecule has 0 unspecified atom stereocenters. The van der Waals surface area contributed by atoms with Crippen LogP contribution in [0.3, 0.4) is 0 Å². The van der Waals surface area contributed by atoms with E-state index in [0.29, 0.717) is 32.5 Å². The molecule has 1 N–H and O–H groups in total. The molecule has 0 atom stereocenters. The van der Waals surface area contributed by atoms with Gasteiger partial charge in [-0.2, -0.15) is 0 Å². The summed E-state index contributed by atoms with van der Waals surface area (Å²) in [5.41, 5.74) is 3.18. The highest BCUT2D eigenvalue weighted by molar-refractivity contribution is 5.82. The highest BCUT2D eigenvalue weighted by Crippen LogP contribution is 2.23. The van der Waals surface area contributed by atoms with Gasteiger partial charge in [0.25, 0.3) is 0 Å². The van der Waals surface area contributed by atoms with Crippen molar-refractivity contribution in [1.29, 1.82) is 0 Å². The number of nitrogens with zero attached hydrogens (tertiary/aromatic N) is 1. The first-order valence-corrected chi connectivity index (χ1v) is 8.13. The van der Waals surface area contributed by atoms with E-state index in [0.717, 1.165) is 5.56 Å². The summed E-state index contributed by atoms with van der Waals surface area (Å²) < 4.78 is 0. The molecule has 23 heavy (non-hydrogen) atoms. The topological polar surface area (TPSA) is 58.6 Å². The standard InChI is InChI=1S/C18H26N2O3/c1-18(2,3)17(22)20-11-9-15(10-12-20)16(21)19-23-13-14-7-5-4-6-8-14/h4-8,15H,9-13H2,1-3H3,(H,19,21). The van der Waals surface area contributed by atoms with Crippen LogP contribution in [0.1, 0.15) is 39.2 Å². The summed E-state index contributed by atoms with van der Waals surface area (Å²) in [5.74, 6) is -0.0322. The predicted molar refractivity (Wildman–Crippen MR) is 88.1 cm³/mol. The molecule has 0 radical (unpaired) electrons. The van der Waals surface area contributed by atoms with Crippen LogP contribution in [0.25, 0.3) is 0 Å². The second-order valence-corrected chi connectivity index (χ2v) is 7.06. The van der Waals surface area contributed by atoms with Crippen LogP contribution in [0.5, 0.6) is 0 Å². The van der Waals surface area contributed by atoms with Crippen molar-refractivity contribution in [3.05, 3.63) is 35.9 Å². The van der Waals surface area contributed by atoms with Crippen LogP contribution < -0.4 is 5.48 Å². The fourth-order valence-electron chi connectivity index (χ4n) is 2.67. The molecule has 0 saturated carbocycles. The molecular weight excluding hydrogens is 292 g/mol. The van der Waals surface area contributed by atoms with E-state index < -0.39 is 0 Å². The Labute approximate surface area is 138 Å². The molecule has 1 aliphatic rings. The Bertz CT molecular complexity index is 529. The number of carbonyl (C=O) groups is 2. The maximum absolute atomic E-state index is 12.2. The number of nitrogens with one attached hydrogen (secondary N) is 1. The molecule has 0 bridgehead atoms. The van der Waals surface area contributed by atoms with E-state index in [1.54, 1.807) is 0 Å². The summed E-state index contributed by atoms with van der Waals surface area (Å²) in [6.45, 7) is 7.39. The molecule has 5 nitrogen and oxygen atoms in total. The number of amides is 2. The van der Waals surface area contributed by atoms with E-state index in [4.69, 9.17) is 4.84 Å². The lowest BCUT2D eigenvalue weighted by molar-refractivity contribution is -0.146. The third-order valence-corrected chi connectivity index (χ3v) is 4.05. The van der Waals surface area contributed by atoms with Crippen molar-refractivity contribution in [2.45, 2.75) is 40.2 Å². The zero-order chi connectivity index (χ0) is 16.9. The van der Waals surface area contributed by atoms with Crippen molar-refractivity contribution >= 4 is 11.8 Å². The minimum atomic E-state index is -0.367. The van der Waals surface area contributed by atoms with E-state index in [2.05, 4.69) is 5.48 Å². The fraction of sp³-hybridized carbons (Fsp3) is 0.556. The number of hydroxylamine groups is 1. The van der Waals surface area contributed by atoms with E-state index in [-0.39, 0.29) is 23.1 Å². The summed E-state index contributed by atoms with van der Waals surface area (Å²) >= 11 is 0. The van der Waals surface area contributed by atoms with Gasteiger partial charge in [0, 0.05) is 24.4 Å². The molecule has 0 aromatic heterocycles. The van der Waals surface area contributed by atoms with Gasteiger partial charge in [-0.05, 0) is 18.4 Å². The lowest BCUT2D eigenvalue weighted by Crippen LogP contribution is -2.46. The number of rotatable bonds is 4. The summed E-state index contributed by atoms with van der Waals surface area (Å²) in [6.07, 6.45) is 1.37. The Morgan fingerprint density at radius 2 is 1.78 bits per heavy atom. The lowest BCUT2D eigenvalue weighted by atomic mass is 9.91. The van der Waals surface area contributed by atoms with Gasteiger partial charge in [-0.3, -0.25) is 14.4 Å². The van der Waals surface area contributed by atoms with Crippen molar-refractivity contribution in [3.8, 4) is 0 Å². The van der Waals surface area contributed by atoms with Gasteiger partial charge in [-0.15, -0.1) is 0 Å². The van der Waals surface area contributed by atoms with Crippen LogP contribution in [0.15, 0.2) is 30.3 Å².